The molecule has 0 amide bonds. The van der Waals surface area contributed by atoms with E-state index in [9.17, 15) is 0 Å². The minimum atomic E-state index is -0.115. The molecule has 6 heteroatoms. The fourth-order valence-corrected chi connectivity index (χ4v) is 2.67. The molecule has 3 rings (SSSR count). The van der Waals surface area contributed by atoms with E-state index in [0.717, 1.165) is 18.7 Å². The van der Waals surface area contributed by atoms with E-state index in [-0.39, 0.29) is 5.41 Å². The predicted octanol–water partition coefficient (Wildman–Crippen LogP) is 1.24. The lowest BCUT2D eigenvalue weighted by Crippen LogP contribution is -2.32. The zero-order valence-corrected chi connectivity index (χ0v) is 10.5. The molecule has 96 valence electrons. The Hall–Kier alpha value is -1.69. The number of hydrogen-bond acceptors (Lipinski definition) is 5. The van der Waals surface area contributed by atoms with E-state index in [1.807, 2.05) is 17.8 Å². The van der Waals surface area contributed by atoms with E-state index in [1.54, 1.807) is 6.20 Å². The molecule has 18 heavy (non-hydrogen) atoms. The van der Waals surface area contributed by atoms with Crippen molar-refractivity contribution < 1.29 is 4.52 Å². The molecular weight excluding hydrogens is 230 g/mol. The van der Waals surface area contributed by atoms with E-state index in [2.05, 4.69) is 15.1 Å². The van der Waals surface area contributed by atoms with Gasteiger partial charge in [-0.25, -0.2) is 4.98 Å². The predicted molar refractivity (Wildman–Crippen MR) is 65.7 cm³/mol. The lowest BCUT2D eigenvalue weighted by Gasteiger charge is -2.21. The minimum Gasteiger partial charge on any atom is -0.338 e. The van der Waals surface area contributed by atoms with Gasteiger partial charge in [-0.15, -0.1) is 0 Å². The molecule has 0 aliphatic heterocycles. The lowest BCUT2D eigenvalue weighted by atomic mass is 9.86. The summed E-state index contributed by atoms with van der Waals surface area (Å²) in [6, 6.07) is 0. The molecule has 0 aromatic carbocycles. The van der Waals surface area contributed by atoms with Crippen LogP contribution in [0.3, 0.4) is 0 Å². The van der Waals surface area contributed by atoms with Crippen molar-refractivity contribution >= 4 is 0 Å². The van der Waals surface area contributed by atoms with Crippen LogP contribution >= 0.6 is 0 Å². The highest BCUT2D eigenvalue weighted by atomic mass is 16.5. The molecule has 1 fully saturated rings. The third-order valence-electron chi connectivity index (χ3n) is 3.85. The molecule has 0 bridgehead atoms. The first-order chi connectivity index (χ1) is 8.75. The highest BCUT2D eigenvalue weighted by Gasteiger charge is 2.39. The Morgan fingerprint density at radius 3 is 2.83 bits per heavy atom. The molecule has 0 spiro atoms. The second kappa shape index (κ2) is 4.20. The van der Waals surface area contributed by atoms with Crippen molar-refractivity contribution in [3.8, 4) is 11.6 Å². The van der Waals surface area contributed by atoms with E-state index < -0.39 is 0 Å². The third kappa shape index (κ3) is 1.64. The van der Waals surface area contributed by atoms with Gasteiger partial charge in [-0.05, 0) is 12.8 Å². The second-order valence-electron chi connectivity index (χ2n) is 4.98. The van der Waals surface area contributed by atoms with Crippen LogP contribution in [0.1, 0.15) is 31.6 Å². The van der Waals surface area contributed by atoms with Gasteiger partial charge < -0.3 is 14.8 Å². The largest absolute Gasteiger partial charge is 0.338 e. The molecule has 2 aromatic heterocycles. The molecule has 2 heterocycles. The van der Waals surface area contributed by atoms with Crippen LogP contribution in [0.2, 0.25) is 0 Å². The summed E-state index contributed by atoms with van der Waals surface area (Å²) < 4.78 is 7.30. The highest BCUT2D eigenvalue weighted by Crippen LogP contribution is 2.39. The molecule has 0 radical (unpaired) electrons. The van der Waals surface area contributed by atoms with E-state index in [1.165, 1.54) is 12.8 Å². The van der Waals surface area contributed by atoms with Gasteiger partial charge in [0.05, 0.1) is 5.41 Å². The van der Waals surface area contributed by atoms with Gasteiger partial charge in [-0.3, -0.25) is 0 Å². The number of nitrogens with two attached hydrogens (primary N) is 1. The van der Waals surface area contributed by atoms with Crippen molar-refractivity contribution in [2.75, 3.05) is 6.54 Å². The summed E-state index contributed by atoms with van der Waals surface area (Å²) in [6.45, 7) is 0.565. The summed E-state index contributed by atoms with van der Waals surface area (Å²) in [5.41, 5.74) is 5.80. The highest BCUT2D eigenvalue weighted by molar-refractivity contribution is 5.42. The first-order valence-electron chi connectivity index (χ1n) is 6.27. The van der Waals surface area contributed by atoms with Gasteiger partial charge in [0.25, 0.3) is 0 Å². The van der Waals surface area contributed by atoms with Gasteiger partial charge in [0.15, 0.2) is 5.82 Å². The van der Waals surface area contributed by atoms with Crippen molar-refractivity contribution in [1.82, 2.24) is 19.7 Å². The smallest absolute Gasteiger partial charge is 0.238 e. The van der Waals surface area contributed by atoms with Crippen molar-refractivity contribution in [3.05, 3.63) is 18.3 Å². The van der Waals surface area contributed by atoms with Crippen LogP contribution in [0.15, 0.2) is 16.9 Å². The second-order valence-corrected chi connectivity index (χ2v) is 4.98. The van der Waals surface area contributed by atoms with Crippen molar-refractivity contribution in [2.45, 2.75) is 31.1 Å². The maximum atomic E-state index is 5.91. The van der Waals surface area contributed by atoms with Crippen LogP contribution in [0.25, 0.3) is 11.6 Å². The zero-order valence-electron chi connectivity index (χ0n) is 10.5. The molecule has 1 saturated carbocycles. The topological polar surface area (TPSA) is 82.8 Å². The molecule has 0 saturated heterocycles. The number of hydrogen-bond donors (Lipinski definition) is 1. The Labute approximate surface area is 105 Å². The SMILES string of the molecule is Cn1ccnc1-c1noc(C2(CN)CCCC2)n1. The van der Waals surface area contributed by atoms with E-state index in [0.29, 0.717) is 18.3 Å². The van der Waals surface area contributed by atoms with Gasteiger partial charge in [0.1, 0.15) is 0 Å². The molecule has 1 aliphatic carbocycles. The summed E-state index contributed by atoms with van der Waals surface area (Å²) in [5, 5.41) is 4.03. The zero-order chi connectivity index (χ0) is 12.6. The Balaban J connectivity index is 1.96. The van der Waals surface area contributed by atoms with Crippen LogP contribution in [0.5, 0.6) is 0 Å². The van der Waals surface area contributed by atoms with Gasteiger partial charge in [0, 0.05) is 26.0 Å². The van der Waals surface area contributed by atoms with Crippen LogP contribution in [-0.2, 0) is 12.5 Å². The van der Waals surface area contributed by atoms with Crippen LogP contribution in [0.4, 0.5) is 0 Å². The number of nitrogens with zero attached hydrogens (tertiary/aromatic N) is 4. The maximum absolute atomic E-state index is 5.91. The normalized spacial score (nSPS) is 18.3. The van der Waals surface area contributed by atoms with Crippen molar-refractivity contribution in [2.24, 2.45) is 12.8 Å². The fourth-order valence-electron chi connectivity index (χ4n) is 2.67. The lowest BCUT2D eigenvalue weighted by molar-refractivity contribution is 0.284. The van der Waals surface area contributed by atoms with E-state index in [4.69, 9.17) is 10.3 Å². The number of rotatable bonds is 3. The number of aryl methyl sites for hydroxylation is 1. The standard InChI is InChI=1S/C12H17N5O/c1-17-7-6-14-10(17)9-15-11(18-16-9)12(8-13)4-2-3-5-12/h6-7H,2-5,8,13H2,1H3. The van der Waals surface area contributed by atoms with Gasteiger partial charge in [0.2, 0.25) is 11.7 Å². The quantitative estimate of drug-likeness (QED) is 0.882. The summed E-state index contributed by atoms with van der Waals surface area (Å²) >= 11 is 0. The summed E-state index contributed by atoms with van der Waals surface area (Å²) in [5.74, 6) is 1.92. The summed E-state index contributed by atoms with van der Waals surface area (Å²) in [4.78, 5) is 8.72. The average molecular weight is 247 g/mol. The van der Waals surface area contributed by atoms with Crippen molar-refractivity contribution in [3.63, 3.8) is 0 Å². The van der Waals surface area contributed by atoms with Gasteiger partial charge >= 0.3 is 0 Å². The number of imidazole rings is 1. The summed E-state index contributed by atoms with van der Waals surface area (Å²) in [7, 11) is 1.91. The first kappa shape index (κ1) is 11.4. The minimum absolute atomic E-state index is 0.115. The average Bonchev–Trinajstić information content (AvgIpc) is 3.08. The monoisotopic (exact) mass is 247 g/mol. The Bertz CT molecular complexity index is 538. The number of aromatic nitrogens is 4. The van der Waals surface area contributed by atoms with E-state index >= 15 is 0 Å². The third-order valence-corrected chi connectivity index (χ3v) is 3.85. The van der Waals surface area contributed by atoms with Gasteiger partial charge in [-0.2, -0.15) is 4.98 Å². The Morgan fingerprint density at radius 1 is 1.44 bits per heavy atom. The van der Waals surface area contributed by atoms with Crippen LogP contribution in [0, 0.1) is 0 Å². The molecule has 0 unspecified atom stereocenters. The first-order valence-corrected chi connectivity index (χ1v) is 6.27. The van der Waals surface area contributed by atoms with Crippen LogP contribution < -0.4 is 5.73 Å². The molecular formula is C12H17N5O. The molecule has 2 aromatic rings. The molecule has 0 atom stereocenters. The summed E-state index contributed by atoms with van der Waals surface area (Å²) in [6.07, 6.45) is 8.01. The van der Waals surface area contributed by atoms with Crippen LogP contribution in [-0.4, -0.2) is 26.2 Å². The molecule has 1 aliphatic rings. The van der Waals surface area contributed by atoms with Gasteiger partial charge in [-0.1, -0.05) is 18.0 Å². The molecule has 6 nitrogen and oxygen atoms in total. The fraction of sp³-hybridized carbons (Fsp3) is 0.583. The molecule has 2 N–H and O–H groups in total. The Morgan fingerprint density at radius 2 is 2.22 bits per heavy atom. The Kier molecular flexibility index (Phi) is 2.66. The maximum Gasteiger partial charge on any atom is 0.238 e. The van der Waals surface area contributed by atoms with Crippen molar-refractivity contribution in [1.29, 1.82) is 0 Å².